The molecule has 0 bridgehead atoms. The Morgan fingerprint density at radius 2 is 1.73 bits per heavy atom. The van der Waals surface area contributed by atoms with Crippen LogP contribution in [0.1, 0.15) is 16.7 Å². The van der Waals surface area contributed by atoms with E-state index in [9.17, 15) is 15.2 Å². The molecule has 2 N–H and O–H groups in total. The molecule has 0 radical (unpaired) electrons. The Morgan fingerprint density at radius 1 is 1.00 bits per heavy atom. The average molecular weight is 434 g/mol. The number of nitriles is 1. The van der Waals surface area contributed by atoms with Gasteiger partial charge >= 0.3 is 0 Å². The number of hydrogen-bond donors (Lipinski definition) is 2. The number of nitrogens with zero attached hydrogens (tertiary/aromatic N) is 1. The van der Waals surface area contributed by atoms with E-state index in [1.807, 2.05) is 30.3 Å². The van der Waals surface area contributed by atoms with Crippen LogP contribution in [-0.4, -0.2) is 11.0 Å². The molecule has 0 atom stereocenters. The van der Waals surface area contributed by atoms with Gasteiger partial charge in [0.1, 0.15) is 29.7 Å². The molecule has 0 fully saturated rings. The van der Waals surface area contributed by atoms with E-state index in [0.29, 0.717) is 23.6 Å². The third-order valence-electron chi connectivity index (χ3n) is 5.34. The van der Waals surface area contributed by atoms with E-state index in [-0.39, 0.29) is 11.3 Å². The summed E-state index contributed by atoms with van der Waals surface area (Å²) >= 11 is 0. The number of nitrogens with one attached hydrogen (secondary N) is 1. The van der Waals surface area contributed by atoms with Gasteiger partial charge in [0.25, 0.3) is 5.91 Å². The maximum Gasteiger partial charge on any atom is 0.266 e. The van der Waals surface area contributed by atoms with Gasteiger partial charge in [-0.25, -0.2) is 0 Å². The zero-order chi connectivity index (χ0) is 23.2. The van der Waals surface area contributed by atoms with Crippen molar-refractivity contribution in [3.8, 4) is 17.6 Å². The number of carbonyl (C=O) groups is 1. The largest absolute Gasteiger partial charge is 0.508 e. The molecule has 0 aromatic heterocycles. The summed E-state index contributed by atoms with van der Waals surface area (Å²) in [4.78, 5) is 12.4. The van der Waals surface area contributed by atoms with E-state index in [0.717, 1.165) is 5.56 Å². The number of phenols is 1. The summed E-state index contributed by atoms with van der Waals surface area (Å²) in [6.45, 7) is 2.52. The van der Waals surface area contributed by atoms with E-state index in [1.165, 1.54) is 34.5 Å². The average Bonchev–Trinajstić information content (AvgIpc) is 2.84. The molecule has 4 aromatic rings. The van der Waals surface area contributed by atoms with Crippen molar-refractivity contribution in [2.45, 2.75) is 13.5 Å². The number of ether oxygens (including phenoxy) is 1. The smallest absolute Gasteiger partial charge is 0.266 e. The van der Waals surface area contributed by atoms with Crippen molar-refractivity contribution in [3.05, 3.63) is 107 Å². The predicted molar refractivity (Wildman–Crippen MR) is 130 cm³/mol. The van der Waals surface area contributed by atoms with Gasteiger partial charge in [-0.05, 0) is 71.3 Å². The lowest BCUT2D eigenvalue weighted by atomic mass is 10.0. The summed E-state index contributed by atoms with van der Waals surface area (Å²) in [5, 5.41) is 23.8. The topological polar surface area (TPSA) is 82.3 Å². The van der Waals surface area contributed by atoms with E-state index in [1.54, 1.807) is 24.3 Å². The van der Waals surface area contributed by atoms with Gasteiger partial charge in [-0.15, -0.1) is 0 Å². The number of aromatic hydroxyl groups is 1. The summed E-state index contributed by atoms with van der Waals surface area (Å²) in [5.74, 6) is 0.281. The Balaban J connectivity index is 1.45. The number of anilines is 1. The maximum atomic E-state index is 12.4. The van der Waals surface area contributed by atoms with Crippen LogP contribution in [0.3, 0.4) is 0 Å². The monoisotopic (exact) mass is 434 g/mol. The third-order valence-corrected chi connectivity index (χ3v) is 5.34. The number of benzene rings is 4. The van der Waals surface area contributed by atoms with E-state index < -0.39 is 5.91 Å². The molecule has 0 saturated heterocycles. The zero-order valence-electron chi connectivity index (χ0n) is 18.1. The molecular formula is C28H22N2O3. The fraction of sp³-hybridized carbons (Fsp3) is 0.0714. The van der Waals surface area contributed by atoms with Crippen molar-refractivity contribution < 1.29 is 14.6 Å². The summed E-state index contributed by atoms with van der Waals surface area (Å²) in [6.07, 6.45) is 1.52. The molecule has 0 saturated carbocycles. The van der Waals surface area contributed by atoms with Gasteiger partial charge in [0.2, 0.25) is 0 Å². The fourth-order valence-electron chi connectivity index (χ4n) is 3.51. The minimum Gasteiger partial charge on any atom is -0.508 e. The van der Waals surface area contributed by atoms with Gasteiger partial charge < -0.3 is 15.2 Å². The number of hydrogen-bond acceptors (Lipinski definition) is 4. The Hall–Kier alpha value is -4.56. The highest BCUT2D eigenvalue weighted by atomic mass is 16.5. The Morgan fingerprint density at radius 3 is 2.45 bits per heavy atom. The highest BCUT2D eigenvalue weighted by Crippen LogP contribution is 2.24. The Kier molecular flexibility index (Phi) is 6.38. The normalized spacial score (nSPS) is 11.1. The molecule has 1 amide bonds. The third kappa shape index (κ3) is 5.20. The van der Waals surface area contributed by atoms with Crippen LogP contribution in [-0.2, 0) is 11.4 Å². The molecule has 5 nitrogen and oxygen atoms in total. The summed E-state index contributed by atoms with van der Waals surface area (Å²) < 4.78 is 6.02. The quantitative estimate of drug-likeness (QED) is 0.222. The van der Waals surface area contributed by atoms with Crippen LogP contribution in [0.25, 0.3) is 16.8 Å². The Labute approximate surface area is 192 Å². The van der Waals surface area contributed by atoms with Gasteiger partial charge in [-0.3, -0.25) is 4.79 Å². The standard InChI is InChI=1S/C28H22N2O3/c1-19-6-9-21-4-2-3-5-26(21)27(19)18-33-25-14-7-20(8-15-25)16-22(17-29)28(32)30-23-10-12-24(31)13-11-23/h2-16,31H,18H2,1H3,(H,30,32)/b22-16+. The van der Waals surface area contributed by atoms with Crippen LogP contribution < -0.4 is 10.1 Å². The van der Waals surface area contributed by atoms with Gasteiger partial charge in [-0.2, -0.15) is 5.26 Å². The van der Waals surface area contributed by atoms with Crippen LogP contribution in [0.5, 0.6) is 11.5 Å². The van der Waals surface area contributed by atoms with Crippen molar-refractivity contribution in [3.63, 3.8) is 0 Å². The second-order valence-corrected chi connectivity index (χ2v) is 7.61. The van der Waals surface area contributed by atoms with Crippen molar-refractivity contribution in [1.82, 2.24) is 0 Å². The number of phenolic OH excluding ortho intramolecular Hbond substituents is 1. The number of fused-ring (bicyclic) bond motifs is 1. The first-order valence-corrected chi connectivity index (χ1v) is 10.5. The molecule has 5 heteroatoms. The molecule has 0 aliphatic heterocycles. The van der Waals surface area contributed by atoms with Crippen molar-refractivity contribution in [2.24, 2.45) is 0 Å². The second kappa shape index (κ2) is 9.71. The van der Waals surface area contributed by atoms with Crippen LogP contribution >= 0.6 is 0 Å². The minimum atomic E-state index is -0.519. The van der Waals surface area contributed by atoms with Gasteiger partial charge in [0.15, 0.2) is 0 Å². The van der Waals surface area contributed by atoms with E-state index >= 15 is 0 Å². The van der Waals surface area contributed by atoms with Crippen molar-refractivity contribution in [2.75, 3.05) is 5.32 Å². The molecule has 33 heavy (non-hydrogen) atoms. The zero-order valence-corrected chi connectivity index (χ0v) is 18.1. The molecule has 0 aliphatic carbocycles. The van der Waals surface area contributed by atoms with Crippen LogP contribution in [0.15, 0.2) is 90.5 Å². The maximum absolute atomic E-state index is 12.4. The molecule has 0 spiro atoms. The van der Waals surface area contributed by atoms with Crippen LogP contribution in [0, 0.1) is 18.3 Å². The van der Waals surface area contributed by atoms with E-state index in [4.69, 9.17) is 4.74 Å². The van der Waals surface area contributed by atoms with Gasteiger partial charge in [0.05, 0.1) is 0 Å². The predicted octanol–water partition coefficient (Wildman–Crippen LogP) is 5.98. The molecular weight excluding hydrogens is 412 g/mol. The van der Waals surface area contributed by atoms with E-state index in [2.05, 4.69) is 36.5 Å². The van der Waals surface area contributed by atoms with Crippen LogP contribution in [0.4, 0.5) is 5.69 Å². The number of rotatable bonds is 6. The van der Waals surface area contributed by atoms with Crippen molar-refractivity contribution >= 4 is 28.4 Å². The highest BCUT2D eigenvalue weighted by molar-refractivity contribution is 6.09. The second-order valence-electron chi connectivity index (χ2n) is 7.61. The summed E-state index contributed by atoms with van der Waals surface area (Å²) in [6, 6.07) is 27.7. The first kappa shape index (κ1) is 21.7. The molecule has 0 heterocycles. The fourth-order valence-corrected chi connectivity index (χ4v) is 3.51. The van der Waals surface area contributed by atoms with Gasteiger partial charge in [-0.1, -0.05) is 48.5 Å². The van der Waals surface area contributed by atoms with Crippen LogP contribution in [0.2, 0.25) is 0 Å². The lowest BCUT2D eigenvalue weighted by Gasteiger charge is -2.12. The molecule has 4 aromatic carbocycles. The van der Waals surface area contributed by atoms with Crippen molar-refractivity contribution in [1.29, 1.82) is 5.26 Å². The lowest BCUT2D eigenvalue weighted by Crippen LogP contribution is -2.13. The number of carbonyl (C=O) groups excluding carboxylic acids is 1. The molecule has 162 valence electrons. The first-order valence-electron chi connectivity index (χ1n) is 10.5. The molecule has 4 rings (SSSR count). The van der Waals surface area contributed by atoms with Gasteiger partial charge in [0, 0.05) is 11.3 Å². The minimum absolute atomic E-state index is 0.0249. The summed E-state index contributed by atoms with van der Waals surface area (Å²) in [5.41, 5.74) is 3.50. The highest BCUT2D eigenvalue weighted by Gasteiger charge is 2.10. The number of aryl methyl sites for hydroxylation is 1. The SMILES string of the molecule is Cc1ccc2ccccc2c1COc1ccc(/C=C(\C#N)C(=O)Nc2ccc(O)cc2)cc1. The molecule has 0 unspecified atom stereocenters. The molecule has 0 aliphatic rings. The number of amides is 1. The first-order chi connectivity index (χ1) is 16.0. The lowest BCUT2D eigenvalue weighted by molar-refractivity contribution is -0.112. The summed E-state index contributed by atoms with van der Waals surface area (Å²) in [7, 11) is 0. The Bertz CT molecular complexity index is 1370.